The molecule has 2 aliphatic rings. The molecular formula is C23H30N4O2. The van der Waals surface area contributed by atoms with Crippen molar-refractivity contribution in [2.45, 2.75) is 25.8 Å². The molecule has 2 aliphatic heterocycles. The first-order valence-electron chi connectivity index (χ1n) is 10.5. The Morgan fingerprint density at radius 1 is 1.17 bits per heavy atom. The van der Waals surface area contributed by atoms with E-state index >= 15 is 0 Å². The van der Waals surface area contributed by atoms with E-state index in [1.165, 1.54) is 11.1 Å². The number of anilines is 1. The summed E-state index contributed by atoms with van der Waals surface area (Å²) in [6.07, 6.45) is 3.79. The highest BCUT2D eigenvalue weighted by Gasteiger charge is 2.26. The first-order chi connectivity index (χ1) is 14.1. The van der Waals surface area contributed by atoms with E-state index in [9.17, 15) is 4.79 Å². The Morgan fingerprint density at radius 3 is 2.62 bits per heavy atom. The third-order valence-corrected chi connectivity index (χ3v) is 5.97. The summed E-state index contributed by atoms with van der Waals surface area (Å²) in [6, 6.07) is 11.0. The van der Waals surface area contributed by atoms with E-state index in [2.05, 4.69) is 39.9 Å². The van der Waals surface area contributed by atoms with Crippen LogP contribution < -0.4 is 9.64 Å². The van der Waals surface area contributed by atoms with Gasteiger partial charge in [0.1, 0.15) is 11.6 Å². The topological polar surface area (TPSA) is 48.9 Å². The number of amides is 1. The Kier molecular flexibility index (Phi) is 5.72. The summed E-state index contributed by atoms with van der Waals surface area (Å²) in [6.45, 7) is 6.93. The van der Waals surface area contributed by atoms with Crippen LogP contribution in [0.1, 0.15) is 40.9 Å². The second-order valence-electron chi connectivity index (χ2n) is 8.02. The number of piperazine rings is 1. The van der Waals surface area contributed by atoms with Crippen molar-refractivity contribution < 1.29 is 9.53 Å². The van der Waals surface area contributed by atoms with Crippen molar-refractivity contribution in [2.24, 2.45) is 0 Å². The molecular weight excluding hydrogens is 364 g/mol. The summed E-state index contributed by atoms with van der Waals surface area (Å²) in [5.74, 6) is 1.99. The van der Waals surface area contributed by atoms with Crippen molar-refractivity contribution in [1.29, 1.82) is 0 Å². The number of ether oxygens (including phenoxy) is 1. The Labute approximate surface area is 173 Å². The lowest BCUT2D eigenvalue weighted by Crippen LogP contribution is -2.47. The summed E-state index contributed by atoms with van der Waals surface area (Å²) in [7, 11) is 3.51. The van der Waals surface area contributed by atoms with E-state index < -0.39 is 0 Å². The minimum atomic E-state index is -0.0158. The quantitative estimate of drug-likeness (QED) is 0.780. The molecule has 154 valence electrons. The van der Waals surface area contributed by atoms with Gasteiger partial charge in [-0.15, -0.1) is 0 Å². The predicted octanol–water partition coefficient (Wildman–Crippen LogP) is 2.99. The maximum absolute atomic E-state index is 12.0. The molecule has 1 unspecified atom stereocenters. The first-order valence-corrected chi connectivity index (χ1v) is 10.5. The number of carbonyl (C=O) groups excluding carboxylic acids is 1. The lowest BCUT2D eigenvalue weighted by molar-refractivity contribution is 0.0827. The Hall–Kier alpha value is -2.60. The van der Waals surface area contributed by atoms with Gasteiger partial charge in [-0.25, -0.2) is 4.98 Å². The van der Waals surface area contributed by atoms with Gasteiger partial charge in [0.25, 0.3) is 5.91 Å². The molecule has 0 radical (unpaired) electrons. The average molecular weight is 395 g/mol. The smallest absolute Gasteiger partial charge is 0.254 e. The number of pyridine rings is 1. The zero-order valence-corrected chi connectivity index (χ0v) is 17.6. The Balaban J connectivity index is 1.40. The molecule has 0 bridgehead atoms. The van der Waals surface area contributed by atoms with Crippen LogP contribution in [0.5, 0.6) is 5.75 Å². The molecule has 1 aromatic heterocycles. The number of hydrogen-bond donors (Lipinski definition) is 0. The summed E-state index contributed by atoms with van der Waals surface area (Å²) in [5.41, 5.74) is 3.31. The van der Waals surface area contributed by atoms with E-state index in [1.807, 2.05) is 12.1 Å². The van der Waals surface area contributed by atoms with Gasteiger partial charge in [0.05, 0.1) is 12.2 Å². The van der Waals surface area contributed by atoms with Gasteiger partial charge in [0, 0.05) is 58.9 Å². The molecule has 0 N–H and O–H groups in total. The fraction of sp³-hybridized carbons (Fsp3) is 0.478. The molecule has 1 fully saturated rings. The monoisotopic (exact) mass is 394 g/mol. The van der Waals surface area contributed by atoms with Crippen molar-refractivity contribution in [1.82, 2.24) is 14.8 Å². The van der Waals surface area contributed by atoms with Gasteiger partial charge in [-0.05, 0) is 35.7 Å². The van der Waals surface area contributed by atoms with E-state index in [0.717, 1.165) is 57.2 Å². The minimum absolute atomic E-state index is 0.0158. The zero-order valence-electron chi connectivity index (χ0n) is 17.6. The van der Waals surface area contributed by atoms with E-state index in [0.29, 0.717) is 11.6 Å². The number of nitrogens with zero attached hydrogens (tertiary/aromatic N) is 4. The number of rotatable bonds is 5. The second kappa shape index (κ2) is 8.41. The molecule has 29 heavy (non-hydrogen) atoms. The molecule has 1 atom stereocenters. The third kappa shape index (κ3) is 4.08. The molecule has 6 nitrogen and oxygen atoms in total. The normalized spacial score (nSPS) is 17.6. The minimum Gasteiger partial charge on any atom is -0.493 e. The molecule has 1 saturated heterocycles. The maximum atomic E-state index is 12.0. The standard InChI is InChI=1S/C23H30N4O2/c1-4-20(18-6-5-17-9-14-29-21(17)15-18)26-10-12-27(13-11-26)22-8-7-19(16-24-22)23(28)25(2)3/h5-8,15-16,20H,4,9-14H2,1-3H3. The Morgan fingerprint density at radius 2 is 1.97 bits per heavy atom. The van der Waals surface area contributed by atoms with Crippen LogP contribution in [0.4, 0.5) is 5.82 Å². The number of hydrogen-bond acceptors (Lipinski definition) is 5. The molecule has 1 amide bonds. The van der Waals surface area contributed by atoms with Crippen molar-refractivity contribution in [3.05, 3.63) is 53.2 Å². The van der Waals surface area contributed by atoms with E-state index in [1.54, 1.807) is 25.2 Å². The molecule has 1 aromatic carbocycles. The van der Waals surface area contributed by atoms with E-state index in [4.69, 9.17) is 4.74 Å². The summed E-state index contributed by atoms with van der Waals surface area (Å²) < 4.78 is 5.78. The lowest BCUT2D eigenvalue weighted by Gasteiger charge is -2.39. The third-order valence-electron chi connectivity index (χ3n) is 5.97. The first kappa shape index (κ1) is 19.7. The van der Waals surface area contributed by atoms with Crippen LogP contribution >= 0.6 is 0 Å². The fourth-order valence-electron chi connectivity index (χ4n) is 4.32. The van der Waals surface area contributed by atoms with Crippen LogP contribution in [-0.2, 0) is 6.42 Å². The van der Waals surface area contributed by atoms with Gasteiger partial charge in [0.2, 0.25) is 0 Å². The molecule has 2 aromatic rings. The molecule has 0 spiro atoms. The molecule has 4 rings (SSSR count). The lowest BCUT2D eigenvalue weighted by atomic mass is 9.99. The predicted molar refractivity (Wildman–Crippen MR) is 115 cm³/mol. The molecule has 0 aliphatic carbocycles. The average Bonchev–Trinajstić information content (AvgIpc) is 3.22. The maximum Gasteiger partial charge on any atom is 0.254 e. The summed E-state index contributed by atoms with van der Waals surface area (Å²) in [4.78, 5) is 23.0. The van der Waals surface area contributed by atoms with Crippen LogP contribution in [0.25, 0.3) is 0 Å². The van der Waals surface area contributed by atoms with Crippen LogP contribution in [0.15, 0.2) is 36.5 Å². The number of carbonyl (C=O) groups is 1. The van der Waals surface area contributed by atoms with E-state index in [-0.39, 0.29) is 5.91 Å². The highest BCUT2D eigenvalue weighted by atomic mass is 16.5. The van der Waals surface area contributed by atoms with Crippen molar-refractivity contribution in [2.75, 3.05) is 51.8 Å². The molecule has 6 heteroatoms. The van der Waals surface area contributed by atoms with Gasteiger partial charge >= 0.3 is 0 Å². The van der Waals surface area contributed by atoms with Gasteiger partial charge < -0.3 is 14.5 Å². The molecule has 3 heterocycles. The van der Waals surface area contributed by atoms with Gasteiger partial charge in [0.15, 0.2) is 0 Å². The Bertz CT molecular complexity index is 858. The van der Waals surface area contributed by atoms with Crippen LogP contribution in [-0.4, -0.2) is 67.6 Å². The molecule has 0 saturated carbocycles. The number of fused-ring (bicyclic) bond motifs is 1. The van der Waals surface area contributed by atoms with Gasteiger partial charge in [-0.3, -0.25) is 9.69 Å². The van der Waals surface area contributed by atoms with Crippen LogP contribution in [0.3, 0.4) is 0 Å². The number of aromatic nitrogens is 1. The number of benzene rings is 1. The highest BCUT2D eigenvalue weighted by molar-refractivity contribution is 5.93. The van der Waals surface area contributed by atoms with Crippen LogP contribution in [0.2, 0.25) is 0 Å². The second-order valence-corrected chi connectivity index (χ2v) is 8.02. The van der Waals surface area contributed by atoms with Gasteiger partial charge in [-0.2, -0.15) is 0 Å². The summed E-state index contributed by atoms with van der Waals surface area (Å²) in [5, 5.41) is 0. The van der Waals surface area contributed by atoms with Crippen molar-refractivity contribution in [3.63, 3.8) is 0 Å². The van der Waals surface area contributed by atoms with Crippen molar-refractivity contribution >= 4 is 11.7 Å². The zero-order chi connectivity index (χ0) is 20.4. The highest BCUT2D eigenvalue weighted by Crippen LogP contribution is 2.33. The largest absolute Gasteiger partial charge is 0.493 e. The van der Waals surface area contributed by atoms with Crippen molar-refractivity contribution in [3.8, 4) is 5.75 Å². The fourth-order valence-corrected chi connectivity index (χ4v) is 4.32. The van der Waals surface area contributed by atoms with Crippen LogP contribution in [0, 0.1) is 0 Å². The SMILES string of the molecule is CCC(c1ccc2c(c1)OCC2)N1CCN(c2ccc(C(=O)N(C)C)cn2)CC1. The summed E-state index contributed by atoms with van der Waals surface area (Å²) >= 11 is 0. The van der Waals surface area contributed by atoms with Gasteiger partial charge in [-0.1, -0.05) is 19.1 Å².